The highest BCUT2D eigenvalue weighted by molar-refractivity contribution is 6.08. The Morgan fingerprint density at radius 2 is 1.30 bits per heavy atom. The monoisotopic (exact) mass is 437 g/mol. The van der Waals surface area contributed by atoms with Crippen LogP contribution in [0.5, 0.6) is 0 Å². The molecule has 1 atom stereocenters. The maximum absolute atomic E-state index is 10.4. The van der Waals surface area contributed by atoms with Gasteiger partial charge in [0.15, 0.2) is 0 Å². The molecule has 0 radical (unpaired) electrons. The molecule has 33 heavy (non-hydrogen) atoms. The number of benzene rings is 4. The normalized spacial score (nSPS) is 15.7. The number of nitrogens with zero attached hydrogens (tertiary/aromatic N) is 1. The van der Waals surface area contributed by atoms with Gasteiger partial charge in [-0.15, -0.1) is 0 Å². The summed E-state index contributed by atoms with van der Waals surface area (Å²) >= 11 is 0. The largest absolute Gasteiger partial charge is 0.481 e. The smallest absolute Gasteiger partial charge is 0.274 e. The predicted octanol–water partition coefficient (Wildman–Crippen LogP) is 7.58. The van der Waals surface area contributed by atoms with Crippen LogP contribution >= 0.6 is 0 Å². The molecule has 0 spiro atoms. The van der Waals surface area contributed by atoms with Gasteiger partial charge < -0.3 is 9.84 Å². The van der Waals surface area contributed by atoms with E-state index in [0.717, 1.165) is 13.1 Å². The van der Waals surface area contributed by atoms with E-state index in [-0.39, 0.29) is 12.0 Å². The van der Waals surface area contributed by atoms with Gasteiger partial charge in [-0.1, -0.05) is 72.8 Å². The van der Waals surface area contributed by atoms with E-state index in [9.17, 15) is 5.11 Å². The van der Waals surface area contributed by atoms with Gasteiger partial charge in [0.2, 0.25) is 0 Å². The molecular weight excluding hydrogens is 406 g/mol. The molecule has 0 unspecified atom stereocenters. The van der Waals surface area contributed by atoms with E-state index in [2.05, 4.69) is 84.6 Å². The number of hydrogen-bond donors (Lipinski definition) is 1. The Morgan fingerprint density at radius 1 is 0.818 bits per heavy atom. The predicted molar refractivity (Wildman–Crippen MR) is 137 cm³/mol. The topological polar surface area (TPSA) is 32.7 Å². The zero-order chi connectivity index (χ0) is 23.2. The van der Waals surface area contributed by atoms with Crippen LogP contribution in [0.3, 0.4) is 0 Å². The average Bonchev–Trinajstić information content (AvgIpc) is 2.95. The highest BCUT2D eigenvalue weighted by atomic mass is 16.6. The molecule has 4 aromatic carbocycles. The van der Waals surface area contributed by atoms with Crippen molar-refractivity contribution in [2.75, 3.05) is 0 Å². The highest BCUT2D eigenvalue weighted by Crippen LogP contribution is 2.42. The van der Waals surface area contributed by atoms with Crippen molar-refractivity contribution >= 4 is 21.5 Å². The lowest BCUT2D eigenvalue weighted by Gasteiger charge is -2.27. The van der Waals surface area contributed by atoms with Crippen molar-refractivity contribution in [2.24, 2.45) is 0 Å². The summed E-state index contributed by atoms with van der Waals surface area (Å²) in [6.07, 6.45) is 1.82. The molecular formula is C30H31NO2. The molecule has 0 amide bonds. The molecule has 1 aliphatic heterocycles. The van der Waals surface area contributed by atoms with Crippen molar-refractivity contribution < 1.29 is 9.84 Å². The lowest BCUT2D eigenvalue weighted by molar-refractivity contribution is -0.0169. The summed E-state index contributed by atoms with van der Waals surface area (Å²) in [5.41, 5.74) is 4.83. The van der Waals surface area contributed by atoms with Gasteiger partial charge in [-0.25, -0.2) is 0 Å². The van der Waals surface area contributed by atoms with E-state index in [1.165, 1.54) is 43.8 Å². The standard InChI is InChI=1S/C30H31NO2/c1-20(17-27(32)33-30(2,3)4)31-18-23-15-13-21-9-5-7-11-25(21)28(23)29-24(19-31)16-14-22-10-6-8-12-26(22)29/h5-17,20,32H,18-19H2,1-4H3/b27-17+/t20-/m1/s1. The summed E-state index contributed by atoms with van der Waals surface area (Å²) < 4.78 is 5.67. The minimum atomic E-state index is -0.434. The van der Waals surface area contributed by atoms with E-state index in [4.69, 9.17) is 4.74 Å². The first-order chi connectivity index (χ1) is 15.8. The Bertz CT molecular complexity index is 1280. The van der Waals surface area contributed by atoms with Gasteiger partial charge in [0.25, 0.3) is 5.95 Å². The van der Waals surface area contributed by atoms with Gasteiger partial charge in [0.1, 0.15) is 5.60 Å². The van der Waals surface area contributed by atoms with Gasteiger partial charge in [0, 0.05) is 25.2 Å². The number of ether oxygens (including phenoxy) is 1. The molecule has 3 heteroatoms. The van der Waals surface area contributed by atoms with Crippen molar-refractivity contribution in [1.82, 2.24) is 4.90 Å². The lowest BCUT2D eigenvalue weighted by Crippen LogP contribution is -2.31. The number of fused-ring (bicyclic) bond motifs is 7. The van der Waals surface area contributed by atoms with Crippen molar-refractivity contribution in [2.45, 2.75) is 52.4 Å². The first kappa shape index (κ1) is 21.5. The third kappa shape index (κ3) is 4.21. The molecule has 1 aliphatic rings. The molecule has 0 bridgehead atoms. The maximum atomic E-state index is 10.4. The van der Waals surface area contributed by atoms with E-state index >= 15 is 0 Å². The van der Waals surface area contributed by atoms with Gasteiger partial charge in [0.05, 0.1) is 0 Å². The number of aliphatic hydroxyl groups is 1. The fraction of sp³-hybridized carbons (Fsp3) is 0.267. The Kier molecular flexibility index (Phi) is 5.38. The Hall–Kier alpha value is -3.30. The van der Waals surface area contributed by atoms with Crippen LogP contribution in [0.25, 0.3) is 32.7 Å². The molecule has 0 aromatic heterocycles. The van der Waals surface area contributed by atoms with Gasteiger partial charge >= 0.3 is 0 Å². The highest BCUT2D eigenvalue weighted by Gasteiger charge is 2.26. The van der Waals surface area contributed by atoms with Crippen LogP contribution in [0.4, 0.5) is 0 Å². The van der Waals surface area contributed by atoms with Crippen molar-refractivity contribution in [3.8, 4) is 11.1 Å². The summed E-state index contributed by atoms with van der Waals surface area (Å²) in [4.78, 5) is 2.40. The molecule has 168 valence electrons. The first-order valence-corrected chi connectivity index (χ1v) is 11.7. The third-order valence-corrected chi connectivity index (χ3v) is 6.40. The zero-order valence-corrected chi connectivity index (χ0v) is 19.8. The van der Waals surface area contributed by atoms with E-state index < -0.39 is 5.60 Å². The van der Waals surface area contributed by atoms with Crippen LogP contribution in [0.2, 0.25) is 0 Å². The lowest BCUT2D eigenvalue weighted by atomic mass is 9.88. The second-order valence-corrected chi connectivity index (χ2v) is 10.0. The Labute approximate surface area is 195 Å². The fourth-order valence-corrected chi connectivity index (χ4v) is 4.93. The summed E-state index contributed by atoms with van der Waals surface area (Å²) in [5, 5.41) is 15.5. The molecule has 1 heterocycles. The molecule has 1 N–H and O–H groups in total. The number of rotatable bonds is 3. The van der Waals surface area contributed by atoms with Crippen LogP contribution in [-0.2, 0) is 17.8 Å². The fourth-order valence-electron chi connectivity index (χ4n) is 4.93. The molecule has 0 aliphatic carbocycles. The Morgan fingerprint density at radius 3 is 1.79 bits per heavy atom. The third-order valence-electron chi connectivity index (χ3n) is 6.40. The minimum Gasteiger partial charge on any atom is -0.481 e. The minimum absolute atomic E-state index is 0.00379. The van der Waals surface area contributed by atoms with Crippen LogP contribution < -0.4 is 0 Å². The Balaban J connectivity index is 1.69. The van der Waals surface area contributed by atoms with Crippen LogP contribution in [0.15, 0.2) is 84.8 Å². The van der Waals surface area contributed by atoms with Crippen molar-refractivity contribution in [3.63, 3.8) is 0 Å². The second-order valence-electron chi connectivity index (χ2n) is 10.0. The number of hydrogen-bond acceptors (Lipinski definition) is 3. The molecule has 0 fully saturated rings. The average molecular weight is 438 g/mol. The van der Waals surface area contributed by atoms with E-state index in [1.807, 2.05) is 26.8 Å². The maximum Gasteiger partial charge on any atom is 0.274 e. The van der Waals surface area contributed by atoms with Crippen LogP contribution in [0.1, 0.15) is 38.8 Å². The molecule has 0 saturated carbocycles. The first-order valence-electron chi connectivity index (χ1n) is 11.7. The van der Waals surface area contributed by atoms with E-state index in [1.54, 1.807) is 0 Å². The summed E-state index contributed by atoms with van der Waals surface area (Å²) in [5.74, 6) is -0.0169. The summed E-state index contributed by atoms with van der Waals surface area (Å²) in [7, 11) is 0. The van der Waals surface area contributed by atoms with Crippen LogP contribution in [-0.4, -0.2) is 21.6 Å². The molecule has 3 nitrogen and oxygen atoms in total. The molecule has 0 saturated heterocycles. The van der Waals surface area contributed by atoms with Gasteiger partial charge in [-0.3, -0.25) is 4.90 Å². The molecule has 5 rings (SSSR count). The van der Waals surface area contributed by atoms with Crippen molar-refractivity contribution in [1.29, 1.82) is 0 Å². The van der Waals surface area contributed by atoms with E-state index in [0.29, 0.717) is 0 Å². The van der Waals surface area contributed by atoms with Gasteiger partial charge in [-0.2, -0.15) is 0 Å². The van der Waals surface area contributed by atoms with Crippen LogP contribution in [0, 0.1) is 0 Å². The van der Waals surface area contributed by atoms with Gasteiger partial charge in [-0.05, 0) is 71.5 Å². The van der Waals surface area contributed by atoms with Crippen molar-refractivity contribution in [3.05, 3.63) is 95.9 Å². The second kappa shape index (κ2) is 8.24. The summed E-state index contributed by atoms with van der Waals surface area (Å²) in [6.45, 7) is 9.53. The molecule has 4 aromatic rings. The number of aliphatic hydroxyl groups excluding tert-OH is 1. The quantitative estimate of drug-likeness (QED) is 0.335. The SMILES string of the molecule is C[C@H](/C=C(\O)OC(C)(C)C)N1Cc2ccc3ccccc3c2-c2c(ccc3ccccc23)C1. The zero-order valence-electron chi connectivity index (χ0n) is 19.8. The summed E-state index contributed by atoms with van der Waals surface area (Å²) in [6, 6.07) is 26.3.